The van der Waals surface area contributed by atoms with E-state index in [-0.39, 0.29) is 0 Å². The molecule has 15 heavy (non-hydrogen) atoms. The molecule has 3 heteroatoms. The van der Waals surface area contributed by atoms with Crippen molar-refractivity contribution in [3.05, 3.63) is 0 Å². The van der Waals surface area contributed by atoms with Crippen LogP contribution in [0.25, 0.3) is 0 Å². The van der Waals surface area contributed by atoms with Crippen molar-refractivity contribution in [2.24, 2.45) is 5.92 Å². The quantitative estimate of drug-likeness (QED) is 0.776. The second kappa shape index (κ2) is 5.55. The summed E-state index contributed by atoms with van der Waals surface area (Å²) in [6.45, 7) is 9.83. The second-order valence-electron chi connectivity index (χ2n) is 5.22. The number of hydrogen-bond acceptors (Lipinski definition) is 3. The fourth-order valence-electron chi connectivity index (χ4n) is 2.73. The summed E-state index contributed by atoms with van der Waals surface area (Å²) in [5, 5.41) is 4.50. The summed E-state index contributed by atoms with van der Waals surface area (Å²) in [7, 11) is 0. The van der Waals surface area contributed by atoms with E-state index >= 15 is 0 Å². The molecule has 0 radical (unpaired) electrons. The molecule has 2 heterocycles. The van der Waals surface area contributed by atoms with Crippen LogP contribution in [0.1, 0.15) is 26.7 Å². The van der Waals surface area contributed by atoms with Gasteiger partial charge < -0.3 is 5.32 Å². The maximum atomic E-state index is 3.66. The molecule has 0 aromatic rings. The Balaban J connectivity index is 1.75. The monoisotopic (exact) mass is 228 g/mol. The van der Waals surface area contributed by atoms with E-state index in [0.717, 1.165) is 17.2 Å². The van der Waals surface area contributed by atoms with Gasteiger partial charge in [0.1, 0.15) is 0 Å². The van der Waals surface area contributed by atoms with Crippen LogP contribution in [-0.4, -0.2) is 48.1 Å². The van der Waals surface area contributed by atoms with Gasteiger partial charge in [-0.15, -0.1) is 0 Å². The van der Waals surface area contributed by atoms with Crippen LogP contribution in [0.2, 0.25) is 0 Å². The van der Waals surface area contributed by atoms with Crippen LogP contribution in [0.15, 0.2) is 0 Å². The Morgan fingerprint density at radius 2 is 2.27 bits per heavy atom. The van der Waals surface area contributed by atoms with Gasteiger partial charge in [0.15, 0.2) is 0 Å². The third-order valence-corrected chi connectivity index (χ3v) is 4.70. The Hall–Kier alpha value is 0.270. The molecular formula is C12H24N2S. The SMILES string of the molecule is CC1CCNC(CN2CCSC(C)C2)C1. The maximum Gasteiger partial charge on any atom is 0.0197 e. The summed E-state index contributed by atoms with van der Waals surface area (Å²) >= 11 is 2.12. The fourth-order valence-corrected chi connectivity index (χ4v) is 3.81. The van der Waals surface area contributed by atoms with Gasteiger partial charge in [-0.1, -0.05) is 13.8 Å². The Morgan fingerprint density at radius 3 is 3.00 bits per heavy atom. The average Bonchev–Trinajstić information content (AvgIpc) is 2.17. The van der Waals surface area contributed by atoms with Gasteiger partial charge >= 0.3 is 0 Å². The third-order valence-electron chi connectivity index (χ3n) is 3.56. The molecule has 0 spiro atoms. The van der Waals surface area contributed by atoms with Crippen LogP contribution in [0.3, 0.4) is 0 Å². The van der Waals surface area contributed by atoms with Gasteiger partial charge in [-0.2, -0.15) is 11.8 Å². The minimum Gasteiger partial charge on any atom is -0.313 e. The highest BCUT2D eigenvalue weighted by atomic mass is 32.2. The molecule has 0 bridgehead atoms. The summed E-state index contributed by atoms with van der Waals surface area (Å²) in [6, 6.07) is 0.754. The molecule has 2 aliphatic rings. The highest BCUT2D eigenvalue weighted by molar-refractivity contribution is 7.99. The summed E-state index contributed by atoms with van der Waals surface area (Å²) in [4.78, 5) is 2.65. The molecule has 2 nitrogen and oxygen atoms in total. The molecule has 0 aromatic carbocycles. The smallest absolute Gasteiger partial charge is 0.0197 e. The summed E-state index contributed by atoms with van der Waals surface area (Å²) in [5.74, 6) is 2.25. The molecular weight excluding hydrogens is 204 g/mol. The van der Waals surface area contributed by atoms with Gasteiger partial charge in [-0.3, -0.25) is 4.90 Å². The predicted molar refractivity (Wildman–Crippen MR) is 68.5 cm³/mol. The molecule has 2 rings (SSSR count). The van der Waals surface area contributed by atoms with Crippen molar-refractivity contribution in [3.8, 4) is 0 Å². The van der Waals surface area contributed by atoms with Crippen molar-refractivity contribution in [3.63, 3.8) is 0 Å². The molecule has 0 aromatic heterocycles. The number of hydrogen-bond donors (Lipinski definition) is 1. The van der Waals surface area contributed by atoms with E-state index in [1.54, 1.807) is 0 Å². The van der Waals surface area contributed by atoms with Crippen LogP contribution in [-0.2, 0) is 0 Å². The Labute approximate surface area is 98.2 Å². The van der Waals surface area contributed by atoms with Crippen molar-refractivity contribution in [2.75, 3.05) is 31.9 Å². The van der Waals surface area contributed by atoms with Gasteiger partial charge in [0, 0.05) is 36.7 Å². The van der Waals surface area contributed by atoms with E-state index in [0.29, 0.717) is 0 Å². The Morgan fingerprint density at radius 1 is 1.40 bits per heavy atom. The minimum atomic E-state index is 0.754. The van der Waals surface area contributed by atoms with E-state index in [2.05, 4.69) is 35.8 Å². The average molecular weight is 228 g/mol. The van der Waals surface area contributed by atoms with Crippen LogP contribution < -0.4 is 5.32 Å². The molecule has 2 fully saturated rings. The normalized spacial score (nSPS) is 39.2. The van der Waals surface area contributed by atoms with Crippen molar-refractivity contribution in [1.29, 1.82) is 0 Å². The molecule has 2 aliphatic heterocycles. The van der Waals surface area contributed by atoms with Gasteiger partial charge in [0.2, 0.25) is 0 Å². The molecule has 2 saturated heterocycles. The fraction of sp³-hybridized carbons (Fsp3) is 1.00. The van der Waals surface area contributed by atoms with Crippen molar-refractivity contribution in [2.45, 2.75) is 38.0 Å². The zero-order chi connectivity index (χ0) is 10.7. The first kappa shape index (κ1) is 11.7. The number of piperidine rings is 1. The number of rotatable bonds is 2. The molecule has 3 atom stereocenters. The van der Waals surface area contributed by atoms with Crippen molar-refractivity contribution < 1.29 is 0 Å². The zero-order valence-corrected chi connectivity index (χ0v) is 10.9. The molecule has 0 amide bonds. The van der Waals surface area contributed by atoms with E-state index in [4.69, 9.17) is 0 Å². The lowest BCUT2D eigenvalue weighted by Crippen LogP contribution is -2.48. The standard InChI is InChI=1S/C12H24N2S/c1-10-3-4-13-12(7-10)9-14-5-6-15-11(2)8-14/h10-13H,3-9H2,1-2H3. The van der Waals surface area contributed by atoms with Crippen molar-refractivity contribution in [1.82, 2.24) is 10.2 Å². The molecule has 0 aliphatic carbocycles. The predicted octanol–water partition coefficient (Wildman–Crippen LogP) is 1.81. The van der Waals surface area contributed by atoms with E-state index < -0.39 is 0 Å². The minimum absolute atomic E-state index is 0.754. The highest BCUT2D eigenvalue weighted by Crippen LogP contribution is 2.20. The van der Waals surface area contributed by atoms with E-state index in [1.165, 1.54) is 44.8 Å². The molecule has 0 saturated carbocycles. The van der Waals surface area contributed by atoms with Crippen LogP contribution >= 0.6 is 11.8 Å². The Kier molecular flexibility index (Phi) is 4.35. The zero-order valence-electron chi connectivity index (χ0n) is 10.0. The molecule has 88 valence electrons. The van der Waals surface area contributed by atoms with Gasteiger partial charge in [-0.05, 0) is 25.3 Å². The summed E-state index contributed by atoms with van der Waals surface area (Å²) < 4.78 is 0. The number of thioether (sulfide) groups is 1. The Bertz CT molecular complexity index is 178. The first-order chi connectivity index (χ1) is 7.24. The van der Waals surface area contributed by atoms with Crippen LogP contribution in [0.5, 0.6) is 0 Å². The first-order valence-electron chi connectivity index (χ1n) is 6.31. The molecule has 3 unspecified atom stereocenters. The van der Waals surface area contributed by atoms with E-state index in [9.17, 15) is 0 Å². The largest absolute Gasteiger partial charge is 0.313 e. The molecule has 1 N–H and O–H groups in total. The lowest BCUT2D eigenvalue weighted by atomic mass is 9.94. The lowest BCUT2D eigenvalue weighted by Gasteiger charge is -2.36. The lowest BCUT2D eigenvalue weighted by molar-refractivity contribution is 0.212. The van der Waals surface area contributed by atoms with Crippen molar-refractivity contribution >= 4 is 11.8 Å². The number of nitrogens with one attached hydrogen (secondary N) is 1. The summed E-state index contributed by atoms with van der Waals surface area (Å²) in [5.41, 5.74) is 0. The highest BCUT2D eigenvalue weighted by Gasteiger charge is 2.23. The first-order valence-corrected chi connectivity index (χ1v) is 7.36. The maximum absolute atomic E-state index is 3.66. The summed E-state index contributed by atoms with van der Waals surface area (Å²) in [6.07, 6.45) is 2.74. The third kappa shape index (κ3) is 3.65. The topological polar surface area (TPSA) is 15.3 Å². The van der Waals surface area contributed by atoms with Crippen LogP contribution in [0, 0.1) is 5.92 Å². The van der Waals surface area contributed by atoms with Gasteiger partial charge in [0.25, 0.3) is 0 Å². The second-order valence-corrected chi connectivity index (χ2v) is 6.77. The van der Waals surface area contributed by atoms with Gasteiger partial charge in [0.05, 0.1) is 0 Å². The van der Waals surface area contributed by atoms with Crippen LogP contribution in [0.4, 0.5) is 0 Å². The number of nitrogens with zero attached hydrogens (tertiary/aromatic N) is 1. The van der Waals surface area contributed by atoms with Gasteiger partial charge in [-0.25, -0.2) is 0 Å². The van der Waals surface area contributed by atoms with E-state index in [1.807, 2.05) is 0 Å².